The summed E-state index contributed by atoms with van der Waals surface area (Å²) < 4.78 is 23.9. The smallest absolute Gasteiger partial charge is 0.325 e. The topological polar surface area (TPSA) is 59.0 Å². The Balaban J connectivity index is 1.86. The lowest BCUT2D eigenvalue weighted by Crippen LogP contribution is -2.36. The second-order valence-corrected chi connectivity index (χ2v) is 6.30. The maximum absolute atomic E-state index is 13.2. The fraction of sp³-hybridized carbons (Fsp3) is 0.350. The number of carboxylic acids is 1. The average molecular weight is 359 g/mol. The Morgan fingerprint density at radius 3 is 1.96 bits per heavy atom. The number of hydrogen-bond donors (Lipinski definition) is 1. The Bertz CT molecular complexity index is 756. The molecule has 1 heterocycles. The van der Waals surface area contributed by atoms with Crippen LogP contribution < -0.4 is 9.47 Å². The number of nitrogens with zero attached hydrogens (tertiary/aromatic N) is 1. The highest BCUT2D eigenvalue weighted by molar-refractivity contribution is 5.75. The van der Waals surface area contributed by atoms with Gasteiger partial charge in [-0.25, -0.2) is 4.39 Å². The number of carboxylic acid groups (broad SMARTS) is 1. The largest absolute Gasteiger partial charge is 0.493 e. The van der Waals surface area contributed by atoms with Crippen molar-refractivity contribution < 1.29 is 23.8 Å². The molecule has 5 nitrogen and oxygen atoms in total. The van der Waals surface area contributed by atoms with E-state index >= 15 is 0 Å². The van der Waals surface area contributed by atoms with Crippen LogP contribution in [-0.2, 0) is 17.6 Å². The quantitative estimate of drug-likeness (QED) is 0.889. The SMILES string of the molecule is COc1cc2c(cc1OC)CCN(C(C(=O)O)c1ccc(F)cc1)CC2. The van der Waals surface area contributed by atoms with E-state index in [0.717, 1.165) is 11.1 Å². The molecule has 0 spiro atoms. The molecule has 0 saturated heterocycles. The van der Waals surface area contributed by atoms with Gasteiger partial charge in [0.1, 0.15) is 11.9 Å². The van der Waals surface area contributed by atoms with Gasteiger partial charge in [-0.2, -0.15) is 0 Å². The summed E-state index contributed by atoms with van der Waals surface area (Å²) in [6, 6.07) is 8.81. The van der Waals surface area contributed by atoms with Crippen LogP contribution >= 0.6 is 0 Å². The lowest BCUT2D eigenvalue weighted by Gasteiger charge is -2.27. The first-order valence-corrected chi connectivity index (χ1v) is 8.49. The van der Waals surface area contributed by atoms with Crippen molar-refractivity contribution in [2.45, 2.75) is 18.9 Å². The number of methoxy groups -OCH3 is 2. The first-order chi connectivity index (χ1) is 12.5. The van der Waals surface area contributed by atoms with Gasteiger partial charge in [0, 0.05) is 13.1 Å². The maximum Gasteiger partial charge on any atom is 0.325 e. The highest BCUT2D eigenvalue weighted by atomic mass is 19.1. The molecular weight excluding hydrogens is 337 g/mol. The zero-order valence-corrected chi connectivity index (χ0v) is 14.9. The number of benzene rings is 2. The summed E-state index contributed by atoms with van der Waals surface area (Å²) >= 11 is 0. The van der Waals surface area contributed by atoms with E-state index in [1.807, 2.05) is 17.0 Å². The fourth-order valence-corrected chi connectivity index (χ4v) is 3.48. The van der Waals surface area contributed by atoms with Crippen LogP contribution in [0.25, 0.3) is 0 Å². The van der Waals surface area contributed by atoms with Gasteiger partial charge in [0.25, 0.3) is 0 Å². The number of fused-ring (bicyclic) bond motifs is 1. The summed E-state index contributed by atoms with van der Waals surface area (Å²) in [4.78, 5) is 13.8. The number of halogens is 1. The molecule has 1 aliphatic rings. The van der Waals surface area contributed by atoms with Crippen LogP contribution in [0.3, 0.4) is 0 Å². The van der Waals surface area contributed by atoms with Gasteiger partial charge in [0.15, 0.2) is 11.5 Å². The van der Waals surface area contributed by atoms with E-state index in [1.165, 1.54) is 24.3 Å². The number of rotatable bonds is 5. The van der Waals surface area contributed by atoms with Gasteiger partial charge in [-0.3, -0.25) is 9.69 Å². The van der Waals surface area contributed by atoms with E-state index in [4.69, 9.17) is 9.47 Å². The van der Waals surface area contributed by atoms with Crippen LogP contribution in [0.4, 0.5) is 4.39 Å². The Hall–Kier alpha value is -2.60. The van der Waals surface area contributed by atoms with E-state index in [2.05, 4.69) is 0 Å². The lowest BCUT2D eigenvalue weighted by atomic mass is 10.0. The summed E-state index contributed by atoms with van der Waals surface area (Å²) in [5, 5.41) is 9.75. The molecule has 1 atom stereocenters. The van der Waals surface area contributed by atoms with Crippen LogP contribution in [-0.4, -0.2) is 43.3 Å². The van der Waals surface area contributed by atoms with Crippen molar-refractivity contribution in [3.8, 4) is 11.5 Å². The minimum absolute atomic E-state index is 0.375. The molecule has 2 aromatic carbocycles. The van der Waals surface area contributed by atoms with Crippen molar-refractivity contribution in [3.63, 3.8) is 0 Å². The molecule has 1 aliphatic heterocycles. The van der Waals surface area contributed by atoms with E-state index in [1.54, 1.807) is 14.2 Å². The lowest BCUT2D eigenvalue weighted by molar-refractivity contribution is -0.143. The molecule has 2 aromatic rings. The van der Waals surface area contributed by atoms with Crippen LogP contribution in [0.1, 0.15) is 22.7 Å². The standard InChI is InChI=1S/C20H22FNO4/c1-25-17-11-14-7-9-22(10-8-15(14)12-18(17)26-2)19(20(23)24)13-3-5-16(21)6-4-13/h3-6,11-12,19H,7-10H2,1-2H3,(H,23,24). The molecule has 0 bridgehead atoms. The molecule has 3 rings (SSSR count). The molecule has 1 N–H and O–H groups in total. The first kappa shape index (κ1) is 18.2. The van der Waals surface area contributed by atoms with Crippen molar-refractivity contribution in [1.82, 2.24) is 4.90 Å². The third-order valence-electron chi connectivity index (χ3n) is 4.83. The minimum atomic E-state index is -0.933. The molecule has 26 heavy (non-hydrogen) atoms. The summed E-state index contributed by atoms with van der Waals surface area (Å²) in [6.07, 6.45) is 1.42. The molecule has 0 saturated carbocycles. The van der Waals surface area contributed by atoms with Crippen molar-refractivity contribution in [2.24, 2.45) is 0 Å². The van der Waals surface area contributed by atoms with Gasteiger partial charge < -0.3 is 14.6 Å². The van der Waals surface area contributed by atoms with Crippen molar-refractivity contribution in [2.75, 3.05) is 27.3 Å². The summed E-state index contributed by atoms with van der Waals surface area (Å²) in [7, 11) is 3.20. The second-order valence-electron chi connectivity index (χ2n) is 6.30. The van der Waals surface area contributed by atoms with Gasteiger partial charge in [-0.15, -0.1) is 0 Å². The van der Waals surface area contributed by atoms with Gasteiger partial charge >= 0.3 is 5.97 Å². The molecule has 0 fully saturated rings. The Morgan fingerprint density at radius 1 is 1.04 bits per heavy atom. The molecule has 0 aliphatic carbocycles. The van der Waals surface area contributed by atoms with Crippen molar-refractivity contribution >= 4 is 5.97 Å². The fourth-order valence-electron chi connectivity index (χ4n) is 3.48. The van der Waals surface area contributed by atoms with Gasteiger partial charge in [0.05, 0.1) is 14.2 Å². The molecular formula is C20H22FNO4. The van der Waals surface area contributed by atoms with Gasteiger partial charge in [-0.05, 0) is 53.8 Å². The van der Waals surface area contributed by atoms with Crippen LogP contribution in [0.2, 0.25) is 0 Å². The Kier molecular flexibility index (Phi) is 5.42. The third kappa shape index (κ3) is 3.65. The molecule has 0 aromatic heterocycles. The highest BCUT2D eigenvalue weighted by Crippen LogP contribution is 2.33. The summed E-state index contributed by atoms with van der Waals surface area (Å²) in [5.41, 5.74) is 2.85. The molecule has 6 heteroatoms. The Morgan fingerprint density at radius 2 is 1.54 bits per heavy atom. The normalized spacial score (nSPS) is 15.7. The molecule has 0 amide bonds. The zero-order chi connectivity index (χ0) is 18.7. The maximum atomic E-state index is 13.2. The van der Waals surface area contributed by atoms with E-state index in [-0.39, 0.29) is 5.82 Å². The number of ether oxygens (including phenoxy) is 2. The second kappa shape index (κ2) is 7.74. The van der Waals surface area contributed by atoms with E-state index in [9.17, 15) is 14.3 Å². The van der Waals surface area contributed by atoms with Crippen molar-refractivity contribution in [1.29, 1.82) is 0 Å². The van der Waals surface area contributed by atoms with Gasteiger partial charge in [0.2, 0.25) is 0 Å². The van der Waals surface area contributed by atoms with Crippen molar-refractivity contribution in [3.05, 3.63) is 58.9 Å². The monoisotopic (exact) mass is 359 g/mol. The van der Waals surface area contributed by atoms with Crippen LogP contribution in [0, 0.1) is 5.82 Å². The van der Waals surface area contributed by atoms with Gasteiger partial charge in [-0.1, -0.05) is 12.1 Å². The minimum Gasteiger partial charge on any atom is -0.493 e. The summed E-state index contributed by atoms with van der Waals surface area (Å²) in [5.74, 6) is 0.0408. The van der Waals surface area contributed by atoms with E-state index < -0.39 is 12.0 Å². The molecule has 1 unspecified atom stereocenters. The van der Waals surface area contributed by atoms with Crippen LogP contribution in [0.5, 0.6) is 11.5 Å². The Labute approximate surface area is 152 Å². The third-order valence-corrected chi connectivity index (χ3v) is 4.83. The first-order valence-electron chi connectivity index (χ1n) is 8.49. The summed E-state index contributed by atoms with van der Waals surface area (Å²) in [6.45, 7) is 1.19. The molecule has 138 valence electrons. The number of hydrogen-bond acceptors (Lipinski definition) is 4. The highest BCUT2D eigenvalue weighted by Gasteiger charge is 2.29. The number of aliphatic carboxylic acids is 1. The molecule has 0 radical (unpaired) electrons. The predicted octanol–water partition coefficient (Wildman–Crippen LogP) is 3.07. The predicted molar refractivity (Wildman–Crippen MR) is 95.3 cm³/mol. The van der Waals surface area contributed by atoms with Crippen LogP contribution in [0.15, 0.2) is 36.4 Å². The number of carbonyl (C=O) groups is 1. The van der Waals surface area contributed by atoms with E-state index in [0.29, 0.717) is 43.0 Å². The zero-order valence-electron chi connectivity index (χ0n) is 14.9. The average Bonchev–Trinajstić information content (AvgIpc) is 2.84.